The van der Waals surface area contributed by atoms with Gasteiger partial charge in [0.15, 0.2) is 0 Å². The van der Waals surface area contributed by atoms with Crippen molar-refractivity contribution in [2.24, 2.45) is 0 Å². The molecule has 176 valence electrons. The molecule has 2 heterocycles. The lowest BCUT2D eigenvalue weighted by Crippen LogP contribution is -2.36. The fourth-order valence-corrected chi connectivity index (χ4v) is 4.70. The third-order valence-corrected chi connectivity index (χ3v) is 6.26. The molecule has 0 atom stereocenters. The smallest absolute Gasteiger partial charge is 0.341 e. The van der Waals surface area contributed by atoms with Gasteiger partial charge in [0.1, 0.15) is 16.3 Å². The maximum Gasteiger partial charge on any atom is 0.341 e. The second-order valence-corrected chi connectivity index (χ2v) is 8.33. The zero-order valence-electron chi connectivity index (χ0n) is 18.5. The summed E-state index contributed by atoms with van der Waals surface area (Å²) in [5.41, 5.74) is 2.12. The van der Waals surface area contributed by atoms with Gasteiger partial charge in [-0.3, -0.25) is 14.9 Å². The number of nitro benzene ring substituents is 1. The average Bonchev–Trinajstić information content (AvgIpc) is 3.28. The predicted octanol–water partition coefficient (Wildman–Crippen LogP) is 4.59. The molecule has 1 aromatic heterocycles. The van der Waals surface area contributed by atoms with Crippen LogP contribution in [0.1, 0.15) is 27.6 Å². The first-order chi connectivity index (χ1) is 16.5. The van der Waals surface area contributed by atoms with Crippen molar-refractivity contribution >= 4 is 39.6 Å². The highest BCUT2D eigenvalue weighted by atomic mass is 32.1. The van der Waals surface area contributed by atoms with Crippen LogP contribution in [0.25, 0.3) is 11.1 Å². The molecular weight excluding hydrogens is 458 g/mol. The number of benzene rings is 2. The molecule has 1 fully saturated rings. The van der Waals surface area contributed by atoms with E-state index in [-0.39, 0.29) is 23.4 Å². The van der Waals surface area contributed by atoms with Crippen molar-refractivity contribution in [2.75, 3.05) is 43.1 Å². The molecule has 1 aliphatic heterocycles. The van der Waals surface area contributed by atoms with Crippen molar-refractivity contribution in [3.63, 3.8) is 0 Å². The van der Waals surface area contributed by atoms with Gasteiger partial charge in [-0.2, -0.15) is 0 Å². The first kappa shape index (κ1) is 23.4. The van der Waals surface area contributed by atoms with Crippen LogP contribution in [-0.2, 0) is 9.47 Å². The van der Waals surface area contributed by atoms with Gasteiger partial charge in [-0.1, -0.05) is 30.3 Å². The van der Waals surface area contributed by atoms with E-state index >= 15 is 0 Å². The summed E-state index contributed by atoms with van der Waals surface area (Å²) in [5, 5.41) is 16.6. The number of anilines is 2. The quantitative estimate of drug-likeness (QED) is 0.298. The van der Waals surface area contributed by atoms with Crippen LogP contribution in [0.15, 0.2) is 53.9 Å². The van der Waals surface area contributed by atoms with Crippen LogP contribution in [0.3, 0.4) is 0 Å². The van der Waals surface area contributed by atoms with Crippen LogP contribution in [0.2, 0.25) is 0 Å². The summed E-state index contributed by atoms with van der Waals surface area (Å²) in [6.45, 7) is 3.93. The SMILES string of the molecule is CCOC(=O)c1c(-c2ccccc2)csc1NC(=O)c1ccc(N2CCOCC2)c([N+](=O)[O-])c1. The Kier molecular flexibility index (Phi) is 7.19. The lowest BCUT2D eigenvalue weighted by atomic mass is 10.0. The van der Waals surface area contributed by atoms with Gasteiger partial charge in [0.25, 0.3) is 11.6 Å². The molecule has 4 rings (SSSR count). The second-order valence-electron chi connectivity index (χ2n) is 7.45. The number of hydrogen-bond acceptors (Lipinski definition) is 8. The normalized spacial score (nSPS) is 13.4. The van der Waals surface area contributed by atoms with Gasteiger partial charge in [-0.05, 0) is 24.6 Å². The minimum atomic E-state index is -0.552. The molecule has 1 amide bonds. The Balaban J connectivity index is 1.65. The highest BCUT2D eigenvalue weighted by Crippen LogP contribution is 2.37. The summed E-state index contributed by atoms with van der Waals surface area (Å²) < 4.78 is 10.5. The van der Waals surface area contributed by atoms with E-state index in [1.54, 1.807) is 24.4 Å². The molecule has 0 bridgehead atoms. The van der Waals surface area contributed by atoms with Gasteiger partial charge in [-0.15, -0.1) is 11.3 Å². The minimum Gasteiger partial charge on any atom is -0.462 e. The third kappa shape index (κ3) is 4.92. The number of nitro groups is 1. The second kappa shape index (κ2) is 10.4. The number of hydrogen-bond donors (Lipinski definition) is 1. The summed E-state index contributed by atoms with van der Waals surface area (Å²) in [6.07, 6.45) is 0. The van der Waals surface area contributed by atoms with Crippen molar-refractivity contribution in [1.82, 2.24) is 0 Å². The van der Waals surface area contributed by atoms with Gasteiger partial charge in [0.2, 0.25) is 0 Å². The van der Waals surface area contributed by atoms with Gasteiger partial charge in [0, 0.05) is 35.7 Å². The first-order valence-electron chi connectivity index (χ1n) is 10.8. The monoisotopic (exact) mass is 481 g/mol. The Labute approximate surface area is 200 Å². The first-order valence-corrected chi connectivity index (χ1v) is 11.6. The van der Waals surface area contributed by atoms with E-state index in [0.29, 0.717) is 42.6 Å². The number of morpholine rings is 1. The molecule has 1 aliphatic rings. The Bertz CT molecular complexity index is 1200. The standard InChI is InChI=1S/C24H23N3O6S/c1-2-33-24(29)21-18(16-6-4-3-5-7-16)15-34-23(21)25-22(28)17-8-9-19(20(14-17)27(30)31)26-10-12-32-13-11-26/h3-9,14-15H,2,10-13H2,1H3,(H,25,28). The Morgan fingerprint density at radius 3 is 2.59 bits per heavy atom. The van der Waals surface area contributed by atoms with E-state index < -0.39 is 16.8 Å². The van der Waals surface area contributed by atoms with Crippen molar-refractivity contribution in [3.05, 3.63) is 75.2 Å². The lowest BCUT2D eigenvalue weighted by Gasteiger charge is -2.28. The topological polar surface area (TPSA) is 111 Å². The van der Waals surface area contributed by atoms with Crippen LogP contribution in [0.4, 0.5) is 16.4 Å². The molecule has 0 aliphatic carbocycles. The Hall–Kier alpha value is -3.76. The molecule has 1 N–H and O–H groups in total. The molecule has 0 spiro atoms. The van der Waals surface area contributed by atoms with Crippen molar-refractivity contribution in [1.29, 1.82) is 0 Å². The highest BCUT2D eigenvalue weighted by Gasteiger charge is 2.26. The molecule has 10 heteroatoms. The summed E-state index contributed by atoms with van der Waals surface area (Å²) >= 11 is 1.20. The van der Waals surface area contributed by atoms with Crippen molar-refractivity contribution in [2.45, 2.75) is 6.92 Å². The van der Waals surface area contributed by atoms with Crippen LogP contribution >= 0.6 is 11.3 Å². The van der Waals surface area contributed by atoms with E-state index in [1.807, 2.05) is 35.2 Å². The van der Waals surface area contributed by atoms with E-state index in [9.17, 15) is 19.7 Å². The largest absolute Gasteiger partial charge is 0.462 e. The van der Waals surface area contributed by atoms with Gasteiger partial charge in [-0.25, -0.2) is 4.79 Å². The third-order valence-electron chi connectivity index (χ3n) is 5.37. The molecule has 0 unspecified atom stereocenters. The van der Waals surface area contributed by atoms with Crippen LogP contribution in [-0.4, -0.2) is 49.7 Å². The van der Waals surface area contributed by atoms with Gasteiger partial charge < -0.3 is 19.7 Å². The van der Waals surface area contributed by atoms with Gasteiger partial charge >= 0.3 is 5.97 Å². The van der Waals surface area contributed by atoms with E-state index in [4.69, 9.17) is 9.47 Å². The number of nitrogens with zero attached hydrogens (tertiary/aromatic N) is 2. The zero-order valence-corrected chi connectivity index (χ0v) is 19.3. The molecule has 0 saturated carbocycles. The van der Waals surface area contributed by atoms with E-state index in [0.717, 1.165) is 5.56 Å². The predicted molar refractivity (Wildman–Crippen MR) is 130 cm³/mol. The number of carbonyl (C=O) groups is 2. The molecule has 1 saturated heterocycles. The van der Waals surface area contributed by atoms with Crippen LogP contribution < -0.4 is 10.2 Å². The number of thiophene rings is 1. The molecule has 3 aromatic rings. The number of nitrogens with one attached hydrogen (secondary N) is 1. The maximum atomic E-state index is 13.0. The number of carbonyl (C=O) groups excluding carboxylic acids is 2. The Morgan fingerprint density at radius 2 is 1.91 bits per heavy atom. The minimum absolute atomic E-state index is 0.119. The van der Waals surface area contributed by atoms with Crippen LogP contribution in [0.5, 0.6) is 0 Å². The van der Waals surface area contributed by atoms with Crippen molar-refractivity contribution < 1.29 is 24.0 Å². The summed E-state index contributed by atoms with van der Waals surface area (Å²) in [4.78, 5) is 38.9. The van der Waals surface area contributed by atoms with E-state index in [1.165, 1.54) is 17.4 Å². The van der Waals surface area contributed by atoms with Crippen LogP contribution in [0, 0.1) is 10.1 Å². The Morgan fingerprint density at radius 1 is 1.18 bits per heavy atom. The summed E-state index contributed by atoms with van der Waals surface area (Å²) in [7, 11) is 0. The van der Waals surface area contributed by atoms with E-state index in [2.05, 4.69) is 5.32 Å². The summed E-state index contributed by atoms with van der Waals surface area (Å²) in [5.74, 6) is -1.10. The number of ether oxygens (including phenoxy) is 2. The summed E-state index contributed by atoms with van der Waals surface area (Å²) in [6, 6.07) is 13.7. The molecule has 9 nitrogen and oxygen atoms in total. The lowest BCUT2D eigenvalue weighted by molar-refractivity contribution is -0.384. The average molecular weight is 482 g/mol. The molecular formula is C24H23N3O6S. The fraction of sp³-hybridized carbons (Fsp3) is 0.250. The van der Waals surface area contributed by atoms with Crippen molar-refractivity contribution in [3.8, 4) is 11.1 Å². The zero-order chi connectivity index (χ0) is 24.1. The molecule has 0 radical (unpaired) electrons. The molecule has 2 aromatic carbocycles. The number of amides is 1. The highest BCUT2D eigenvalue weighted by molar-refractivity contribution is 7.15. The fourth-order valence-electron chi connectivity index (χ4n) is 3.74. The maximum absolute atomic E-state index is 13.0. The molecule has 34 heavy (non-hydrogen) atoms. The van der Waals surface area contributed by atoms with Gasteiger partial charge in [0.05, 0.1) is 24.7 Å². The number of esters is 1. The number of rotatable bonds is 7.